The highest BCUT2D eigenvalue weighted by molar-refractivity contribution is 5.97. The number of piperidine rings is 1. The van der Waals surface area contributed by atoms with Crippen molar-refractivity contribution in [3.05, 3.63) is 47.0 Å². The van der Waals surface area contributed by atoms with Gasteiger partial charge in [-0.05, 0) is 50.7 Å². The highest BCUT2D eigenvalue weighted by Gasteiger charge is 2.34. The zero-order valence-corrected chi connectivity index (χ0v) is 19.5. The number of aromatic nitrogens is 3. The molecule has 2 aliphatic rings. The van der Waals surface area contributed by atoms with Crippen LogP contribution in [0.3, 0.4) is 0 Å². The van der Waals surface area contributed by atoms with Crippen LogP contribution in [-0.2, 0) is 17.8 Å². The van der Waals surface area contributed by atoms with Gasteiger partial charge in [-0.2, -0.15) is 0 Å². The summed E-state index contributed by atoms with van der Waals surface area (Å²) in [6.45, 7) is 8.27. The number of benzene rings is 1. The molecule has 0 spiro atoms. The van der Waals surface area contributed by atoms with E-state index < -0.39 is 6.04 Å². The molecule has 32 heavy (non-hydrogen) atoms. The third-order valence-electron chi connectivity index (χ3n) is 6.74. The van der Waals surface area contributed by atoms with Gasteiger partial charge in [-0.3, -0.25) is 9.59 Å². The zero-order valence-electron chi connectivity index (χ0n) is 19.5. The predicted molar refractivity (Wildman–Crippen MR) is 123 cm³/mol. The first kappa shape index (κ1) is 22.5. The lowest BCUT2D eigenvalue weighted by molar-refractivity contribution is -0.135. The normalized spacial score (nSPS) is 19.9. The average molecular weight is 438 g/mol. The van der Waals surface area contributed by atoms with Crippen molar-refractivity contribution in [3.63, 3.8) is 0 Å². The predicted octanol–water partition coefficient (Wildman–Crippen LogP) is 3.47. The van der Waals surface area contributed by atoms with Crippen LogP contribution in [0.15, 0.2) is 24.3 Å². The standard InChI is InChI=1S/C25H35N5O2/c1-17(2)22(26-24(31)19-10-7-9-18(3)15-19)25(32)29-13-8-11-20(16-29)23-28-27-21-12-5-4-6-14-30(21)23/h7,9-10,15,17,20,22H,4-6,8,11-14,16H2,1-3H3,(H,26,31). The van der Waals surface area contributed by atoms with E-state index in [-0.39, 0.29) is 23.7 Å². The number of nitrogens with one attached hydrogen (secondary N) is 1. The summed E-state index contributed by atoms with van der Waals surface area (Å²) in [7, 11) is 0. The number of nitrogens with zero attached hydrogens (tertiary/aromatic N) is 4. The zero-order chi connectivity index (χ0) is 22.7. The van der Waals surface area contributed by atoms with E-state index in [9.17, 15) is 9.59 Å². The third kappa shape index (κ3) is 4.87. The van der Waals surface area contributed by atoms with Gasteiger partial charge in [0, 0.05) is 37.5 Å². The van der Waals surface area contributed by atoms with Crippen LogP contribution in [-0.4, -0.2) is 50.6 Å². The van der Waals surface area contributed by atoms with Crippen molar-refractivity contribution in [3.8, 4) is 0 Å². The molecule has 172 valence electrons. The van der Waals surface area contributed by atoms with Crippen LogP contribution in [0.2, 0.25) is 0 Å². The molecule has 0 radical (unpaired) electrons. The number of carbonyl (C=O) groups excluding carboxylic acids is 2. The van der Waals surface area contributed by atoms with Gasteiger partial charge in [-0.15, -0.1) is 10.2 Å². The summed E-state index contributed by atoms with van der Waals surface area (Å²) >= 11 is 0. The van der Waals surface area contributed by atoms with E-state index in [0.29, 0.717) is 12.1 Å². The van der Waals surface area contributed by atoms with Crippen LogP contribution in [0.5, 0.6) is 0 Å². The van der Waals surface area contributed by atoms with E-state index in [1.807, 2.05) is 43.9 Å². The number of amides is 2. The van der Waals surface area contributed by atoms with Gasteiger partial charge in [0.1, 0.15) is 17.7 Å². The van der Waals surface area contributed by atoms with E-state index in [1.165, 1.54) is 12.8 Å². The van der Waals surface area contributed by atoms with Gasteiger partial charge in [0.15, 0.2) is 0 Å². The number of hydrogen-bond donors (Lipinski definition) is 1. The van der Waals surface area contributed by atoms with Gasteiger partial charge < -0.3 is 14.8 Å². The van der Waals surface area contributed by atoms with E-state index in [2.05, 4.69) is 20.1 Å². The van der Waals surface area contributed by atoms with E-state index in [0.717, 1.165) is 56.0 Å². The van der Waals surface area contributed by atoms with Crippen molar-refractivity contribution in [2.75, 3.05) is 13.1 Å². The molecule has 1 fully saturated rings. The molecular formula is C25H35N5O2. The number of carbonyl (C=O) groups is 2. The maximum Gasteiger partial charge on any atom is 0.251 e. The number of fused-ring (bicyclic) bond motifs is 1. The quantitative estimate of drug-likeness (QED) is 0.777. The average Bonchev–Trinajstić information content (AvgIpc) is 3.05. The van der Waals surface area contributed by atoms with Crippen molar-refractivity contribution in [2.45, 2.75) is 77.8 Å². The molecule has 7 heteroatoms. The first-order valence-electron chi connectivity index (χ1n) is 12.0. The molecule has 0 bridgehead atoms. The summed E-state index contributed by atoms with van der Waals surface area (Å²) in [5, 5.41) is 12.0. The summed E-state index contributed by atoms with van der Waals surface area (Å²) in [4.78, 5) is 28.3. The largest absolute Gasteiger partial charge is 0.340 e. The molecule has 0 saturated carbocycles. The second-order valence-corrected chi connectivity index (χ2v) is 9.62. The van der Waals surface area contributed by atoms with Crippen LogP contribution < -0.4 is 5.32 Å². The molecule has 2 amide bonds. The Labute approximate surface area is 190 Å². The smallest absolute Gasteiger partial charge is 0.251 e. The summed E-state index contributed by atoms with van der Waals surface area (Å²) in [6.07, 6.45) is 6.51. The van der Waals surface area contributed by atoms with Crippen molar-refractivity contribution in [1.82, 2.24) is 25.0 Å². The van der Waals surface area contributed by atoms with Crippen LogP contribution in [0.4, 0.5) is 0 Å². The minimum absolute atomic E-state index is 0.000926. The van der Waals surface area contributed by atoms with Crippen molar-refractivity contribution >= 4 is 11.8 Å². The second kappa shape index (κ2) is 9.84. The monoisotopic (exact) mass is 437 g/mol. The lowest BCUT2D eigenvalue weighted by Crippen LogP contribution is -2.53. The van der Waals surface area contributed by atoms with Gasteiger partial charge in [0.05, 0.1) is 0 Å². The summed E-state index contributed by atoms with van der Waals surface area (Å²) in [5.41, 5.74) is 1.61. The van der Waals surface area contributed by atoms with E-state index in [4.69, 9.17) is 0 Å². The van der Waals surface area contributed by atoms with Crippen LogP contribution >= 0.6 is 0 Å². The number of hydrogen-bond acceptors (Lipinski definition) is 4. The Morgan fingerprint density at radius 2 is 1.94 bits per heavy atom. The van der Waals surface area contributed by atoms with Gasteiger partial charge in [0.25, 0.3) is 5.91 Å². The molecule has 2 aliphatic heterocycles. The molecule has 1 N–H and O–H groups in total. The fourth-order valence-electron chi connectivity index (χ4n) is 4.92. The molecule has 2 unspecified atom stereocenters. The molecule has 7 nitrogen and oxygen atoms in total. The highest BCUT2D eigenvalue weighted by atomic mass is 16.2. The fraction of sp³-hybridized carbons (Fsp3) is 0.600. The highest BCUT2D eigenvalue weighted by Crippen LogP contribution is 2.28. The Kier molecular flexibility index (Phi) is 6.92. The Morgan fingerprint density at radius 3 is 2.72 bits per heavy atom. The molecule has 3 heterocycles. The SMILES string of the molecule is Cc1cccc(C(=O)NC(C(=O)N2CCCC(c3nnc4n3CCCCC4)C2)C(C)C)c1. The number of rotatable bonds is 5. The molecule has 0 aliphatic carbocycles. The maximum atomic E-state index is 13.5. The molecule has 2 atom stereocenters. The first-order chi connectivity index (χ1) is 15.4. The number of aryl methyl sites for hydroxylation is 2. The van der Waals surface area contributed by atoms with Crippen LogP contribution in [0, 0.1) is 12.8 Å². The number of likely N-dealkylation sites (tertiary alicyclic amines) is 1. The molecule has 1 aromatic heterocycles. The summed E-state index contributed by atoms with van der Waals surface area (Å²) in [6, 6.07) is 6.93. The lowest BCUT2D eigenvalue weighted by Gasteiger charge is -2.36. The van der Waals surface area contributed by atoms with Gasteiger partial charge in [-0.1, -0.05) is 38.0 Å². The molecular weight excluding hydrogens is 402 g/mol. The van der Waals surface area contributed by atoms with Gasteiger partial charge in [0.2, 0.25) is 5.91 Å². The summed E-state index contributed by atoms with van der Waals surface area (Å²) in [5.74, 6) is 2.13. The molecule has 1 saturated heterocycles. The van der Waals surface area contributed by atoms with Crippen LogP contribution in [0.1, 0.15) is 79.4 Å². The van der Waals surface area contributed by atoms with E-state index in [1.54, 1.807) is 6.07 Å². The first-order valence-corrected chi connectivity index (χ1v) is 12.0. The molecule has 2 aromatic rings. The van der Waals surface area contributed by atoms with E-state index >= 15 is 0 Å². The van der Waals surface area contributed by atoms with Gasteiger partial charge >= 0.3 is 0 Å². The van der Waals surface area contributed by atoms with Crippen molar-refractivity contribution in [1.29, 1.82) is 0 Å². The molecule has 1 aromatic carbocycles. The minimum atomic E-state index is -0.544. The van der Waals surface area contributed by atoms with Gasteiger partial charge in [-0.25, -0.2) is 0 Å². The maximum absolute atomic E-state index is 13.5. The fourth-order valence-corrected chi connectivity index (χ4v) is 4.92. The Balaban J connectivity index is 1.47. The Morgan fingerprint density at radius 1 is 1.09 bits per heavy atom. The molecule has 4 rings (SSSR count). The van der Waals surface area contributed by atoms with Crippen molar-refractivity contribution in [2.24, 2.45) is 5.92 Å². The third-order valence-corrected chi connectivity index (χ3v) is 6.74. The lowest BCUT2D eigenvalue weighted by atomic mass is 9.94. The van der Waals surface area contributed by atoms with Crippen molar-refractivity contribution < 1.29 is 9.59 Å². The Hall–Kier alpha value is -2.70. The Bertz CT molecular complexity index is 967. The second-order valence-electron chi connectivity index (χ2n) is 9.62. The van der Waals surface area contributed by atoms with Crippen LogP contribution in [0.25, 0.3) is 0 Å². The summed E-state index contributed by atoms with van der Waals surface area (Å²) < 4.78 is 2.30. The topological polar surface area (TPSA) is 80.1 Å². The minimum Gasteiger partial charge on any atom is -0.340 e.